The van der Waals surface area contributed by atoms with E-state index in [1.165, 1.54) is 7.11 Å². The molecule has 0 radical (unpaired) electrons. The van der Waals surface area contributed by atoms with Crippen LogP contribution >= 0.6 is 7.60 Å². The Balaban J connectivity index is 5.15. The number of nitrogens with one attached hydrogen (secondary N) is 2. The fraction of sp³-hybridized carbons (Fsp3) is 0.786. The number of carbonyl (C=O) groups excluding carboxylic acids is 1. The van der Waals surface area contributed by atoms with Crippen LogP contribution in [0.1, 0.15) is 41.0 Å². The minimum absolute atomic E-state index is 0.217. The molecule has 0 aromatic heterocycles. The standard InChI is InChI=1S/C14H29N2O4P/c1-8-9-14(5,6)11(12(17)16-13(2,3)4)15-10-21(18,19)20-7/h8,11,15H,1,9-10H2,2-7H3,(H,16,17)(H,18,19). The Labute approximate surface area is 127 Å². The number of hydrogen-bond acceptors (Lipinski definition) is 4. The van der Waals surface area contributed by atoms with Gasteiger partial charge < -0.3 is 14.7 Å². The van der Waals surface area contributed by atoms with Gasteiger partial charge in [0.15, 0.2) is 0 Å². The third-order valence-electron chi connectivity index (χ3n) is 2.99. The van der Waals surface area contributed by atoms with E-state index < -0.39 is 19.1 Å². The molecule has 0 aromatic rings. The van der Waals surface area contributed by atoms with Gasteiger partial charge in [0.25, 0.3) is 0 Å². The smallest absolute Gasteiger partial charge is 0.341 e. The third-order valence-corrected chi connectivity index (χ3v) is 4.15. The fourth-order valence-electron chi connectivity index (χ4n) is 1.93. The van der Waals surface area contributed by atoms with E-state index in [4.69, 9.17) is 0 Å². The van der Waals surface area contributed by atoms with Gasteiger partial charge in [-0.05, 0) is 32.6 Å². The van der Waals surface area contributed by atoms with E-state index in [1.54, 1.807) is 6.08 Å². The summed E-state index contributed by atoms with van der Waals surface area (Å²) in [5, 5.41) is 5.75. The van der Waals surface area contributed by atoms with E-state index in [1.807, 2.05) is 34.6 Å². The maximum Gasteiger partial charge on any atom is 0.341 e. The van der Waals surface area contributed by atoms with Gasteiger partial charge in [-0.3, -0.25) is 14.7 Å². The highest BCUT2D eigenvalue weighted by atomic mass is 31.2. The van der Waals surface area contributed by atoms with Crippen molar-refractivity contribution in [2.75, 3.05) is 13.4 Å². The molecule has 1 amide bonds. The molecule has 124 valence electrons. The lowest BCUT2D eigenvalue weighted by atomic mass is 9.80. The first-order valence-electron chi connectivity index (χ1n) is 6.88. The Morgan fingerprint density at radius 2 is 1.90 bits per heavy atom. The van der Waals surface area contributed by atoms with Crippen molar-refractivity contribution in [1.82, 2.24) is 10.6 Å². The first-order chi connectivity index (χ1) is 9.34. The van der Waals surface area contributed by atoms with Gasteiger partial charge in [0.05, 0.1) is 12.3 Å². The van der Waals surface area contributed by atoms with E-state index >= 15 is 0 Å². The Morgan fingerprint density at radius 1 is 1.38 bits per heavy atom. The van der Waals surface area contributed by atoms with Crippen LogP contribution in [-0.2, 0) is 13.9 Å². The van der Waals surface area contributed by atoms with Gasteiger partial charge in [-0.2, -0.15) is 0 Å². The van der Waals surface area contributed by atoms with Crippen molar-refractivity contribution in [3.05, 3.63) is 12.7 Å². The van der Waals surface area contributed by atoms with Crippen molar-refractivity contribution >= 4 is 13.5 Å². The number of carbonyl (C=O) groups is 1. The molecule has 0 saturated carbocycles. The predicted octanol–water partition coefficient (Wildman–Crippen LogP) is 2.25. The molecule has 0 bridgehead atoms. The summed E-state index contributed by atoms with van der Waals surface area (Å²) >= 11 is 0. The lowest BCUT2D eigenvalue weighted by Gasteiger charge is -2.35. The number of amides is 1. The molecule has 0 aliphatic heterocycles. The number of hydrogen-bond donors (Lipinski definition) is 3. The molecule has 0 fully saturated rings. The topological polar surface area (TPSA) is 87.7 Å². The first kappa shape index (κ1) is 20.3. The monoisotopic (exact) mass is 320 g/mol. The summed E-state index contributed by atoms with van der Waals surface area (Å²) in [7, 11) is -2.56. The average Bonchev–Trinajstić information content (AvgIpc) is 2.25. The van der Waals surface area contributed by atoms with Gasteiger partial charge in [-0.1, -0.05) is 19.9 Å². The van der Waals surface area contributed by atoms with Gasteiger partial charge in [0, 0.05) is 12.6 Å². The molecule has 0 aliphatic carbocycles. The van der Waals surface area contributed by atoms with Crippen LogP contribution in [-0.4, -0.2) is 35.8 Å². The zero-order valence-corrected chi connectivity index (χ0v) is 14.8. The van der Waals surface area contributed by atoms with Gasteiger partial charge in [-0.25, -0.2) is 0 Å². The van der Waals surface area contributed by atoms with Crippen LogP contribution in [0.5, 0.6) is 0 Å². The molecule has 0 rings (SSSR count). The zero-order chi connectivity index (χ0) is 16.9. The SMILES string of the molecule is C=CCC(C)(C)C(NCP(=O)(O)OC)C(=O)NC(C)(C)C. The van der Waals surface area contributed by atoms with Crippen molar-refractivity contribution in [3.63, 3.8) is 0 Å². The first-order valence-corrected chi connectivity index (χ1v) is 8.65. The van der Waals surface area contributed by atoms with E-state index in [-0.39, 0.29) is 17.7 Å². The largest absolute Gasteiger partial charge is 0.350 e. The van der Waals surface area contributed by atoms with Gasteiger partial charge in [0.1, 0.15) is 0 Å². The second-order valence-electron chi connectivity index (χ2n) is 6.84. The van der Waals surface area contributed by atoms with E-state index in [0.717, 1.165) is 0 Å². The Hall–Kier alpha value is -0.680. The average molecular weight is 320 g/mol. The van der Waals surface area contributed by atoms with Crippen LogP contribution in [0.3, 0.4) is 0 Å². The van der Waals surface area contributed by atoms with Crippen molar-refractivity contribution in [2.24, 2.45) is 5.41 Å². The zero-order valence-electron chi connectivity index (χ0n) is 13.9. The van der Waals surface area contributed by atoms with Crippen molar-refractivity contribution < 1.29 is 18.8 Å². The van der Waals surface area contributed by atoms with Gasteiger partial charge >= 0.3 is 7.60 Å². The third kappa shape index (κ3) is 7.77. The van der Waals surface area contributed by atoms with Gasteiger partial charge in [-0.15, -0.1) is 6.58 Å². The number of rotatable bonds is 8. The summed E-state index contributed by atoms with van der Waals surface area (Å²) in [6, 6.07) is -0.634. The summed E-state index contributed by atoms with van der Waals surface area (Å²) in [6.07, 6.45) is 2.03. The Morgan fingerprint density at radius 3 is 2.29 bits per heavy atom. The molecule has 0 spiro atoms. The Kier molecular flexibility index (Phi) is 7.30. The summed E-state index contributed by atoms with van der Waals surface area (Å²) in [4.78, 5) is 22.0. The van der Waals surface area contributed by atoms with Gasteiger partial charge in [0.2, 0.25) is 5.91 Å². The summed E-state index contributed by atoms with van der Waals surface area (Å²) in [6.45, 7) is 13.2. The van der Waals surface area contributed by atoms with Crippen molar-refractivity contribution in [1.29, 1.82) is 0 Å². The van der Waals surface area contributed by atoms with Crippen LogP contribution in [0, 0.1) is 5.41 Å². The molecule has 3 N–H and O–H groups in total. The molecular formula is C14H29N2O4P. The normalized spacial score (nSPS) is 16.9. The second kappa shape index (κ2) is 7.54. The van der Waals surface area contributed by atoms with Crippen LogP contribution in [0.15, 0.2) is 12.7 Å². The van der Waals surface area contributed by atoms with Crippen LogP contribution < -0.4 is 10.6 Å². The predicted molar refractivity (Wildman–Crippen MR) is 85.1 cm³/mol. The molecule has 0 saturated heterocycles. The van der Waals surface area contributed by atoms with E-state index in [0.29, 0.717) is 6.42 Å². The maximum atomic E-state index is 12.5. The minimum Gasteiger partial charge on any atom is -0.350 e. The molecule has 0 heterocycles. The van der Waals surface area contributed by atoms with Crippen LogP contribution in [0.25, 0.3) is 0 Å². The molecular weight excluding hydrogens is 291 g/mol. The molecule has 7 heteroatoms. The second-order valence-corrected chi connectivity index (χ2v) is 8.79. The number of allylic oxidation sites excluding steroid dienone is 1. The van der Waals surface area contributed by atoms with E-state index in [2.05, 4.69) is 21.7 Å². The molecule has 21 heavy (non-hydrogen) atoms. The highest BCUT2D eigenvalue weighted by molar-refractivity contribution is 7.52. The molecule has 0 aromatic carbocycles. The van der Waals surface area contributed by atoms with E-state index in [9.17, 15) is 14.3 Å². The van der Waals surface area contributed by atoms with Crippen molar-refractivity contribution in [2.45, 2.75) is 52.6 Å². The van der Waals surface area contributed by atoms with Crippen LogP contribution in [0.4, 0.5) is 0 Å². The fourth-order valence-corrected chi connectivity index (χ4v) is 2.47. The van der Waals surface area contributed by atoms with Crippen molar-refractivity contribution in [3.8, 4) is 0 Å². The lowest BCUT2D eigenvalue weighted by molar-refractivity contribution is -0.127. The minimum atomic E-state index is -3.72. The summed E-state index contributed by atoms with van der Waals surface area (Å²) in [5.41, 5.74) is -0.837. The molecule has 2 unspecified atom stereocenters. The summed E-state index contributed by atoms with van der Waals surface area (Å²) < 4.78 is 16.1. The molecule has 0 aliphatic rings. The maximum absolute atomic E-state index is 12.5. The highest BCUT2D eigenvalue weighted by Crippen LogP contribution is 2.39. The molecule has 6 nitrogen and oxygen atoms in total. The molecule has 2 atom stereocenters. The quantitative estimate of drug-likeness (QED) is 0.471. The Bertz CT molecular complexity index is 416. The highest BCUT2D eigenvalue weighted by Gasteiger charge is 2.36. The summed E-state index contributed by atoms with van der Waals surface area (Å²) in [5.74, 6) is -0.217. The van der Waals surface area contributed by atoms with Crippen LogP contribution in [0.2, 0.25) is 0 Å². The lowest BCUT2D eigenvalue weighted by Crippen LogP contribution is -2.56.